The fourth-order valence-electron chi connectivity index (χ4n) is 4.52. The van der Waals surface area contributed by atoms with E-state index in [0.717, 1.165) is 0 Å². The van der Waals surface area contributed by atoms with Crippen molar-refractivity contribution in [1.29, 1.82) is 5.26 Å². The summed E-state index contributed by atoms with van der Waals surface area (Å²) in [5.41, 5.74) is 0.332. The molecular formula is C29H30ClF2N7O7. The first-order valence-electron chi connectivity index (χ1n) is 13.7. The number of nitriles is 1. The van der Waals surface area contributed by atoms with E-state index in [2.05, 4.69) is 26.3 Å². The molecule has 244 valence electrons. The van der Waals surface area contributed by atoms with Crippen molar-refractivity contribution in [2.75, 3.05) is 38.1 Å². The van der Waals surface area contributed by atoms with E-state index in [1.807, 2.05) is 0 Å². The third-order valence-corrected chi connectivity index (χ3v) is 7.09. The molecule has 3 amide bonds. The molecule has 0 radical (unpaired) electrons. The van der Waals surface area contributed by atoms with Gasteiger partial charge in [-0.05, 0) is 43.3 Å². The Kier molecular flexibility index (Phi) is 12.9. The van der Waals surface area contributed by atoms with E-state index in [1.165, 1.54) is 48.1 Å². The number of β-amino-alcohol motifs (C(OH)–C–C–N with tert-alkyl or cyclic N) is 1. The molecule has 0 unspecified atom stereocenters. The van der Waals surface area contributed by atoms with Crippen LogP contribution in [0.25, 0.3) is 11.3 Å². The summed E-state index contributed by atoms with van der Waals surface area (Å²) in [6, 6.07) is 8.33. The molecule has 3 aromatic rings. The Hall–Kier alpha value is -5.11. The molecule has 0 saturated carbocycles. The Bertz CT molecular complexity index is 1630. The summed E-state index contributed by atoms with van der Waals surface area (Å²) >= 11 is 6.29. The van der Waals surface area contributed by atoms with Crippen LogP contribution in [0.2, 0.25) is 5.02 Å². The second kappa shape index (κ2) is 16.8. The molecule has 2 aromatic carbocycles. The van der Waals surface area contributed by atoms with Crippen molar-refractivity contribution in [3.05, 3.63) is 64.6 Å². The fraction of sp³-hybridized carbons (Fsp3) is 0.310. The average Bonchev–Trinajstić information content (AvgIpc) is 3.41. The third-order valence-electron chi connectivity index (χ3n) is 6.77. The lowest BCUT2D eigenvalue weighted by Gasteiger charge is -2.27. The van der Waals surface area contributed by atoms with Crippen LogP contribution in [0.1, 0.15) is 27.4 Å². The van der Waals surface area contributed by atoms with Gasteiger partial charge in [0.25, 0.3) is 18.3 Å². The van der Waals surface area contributed by atoms with E-state index in [4.69, 9.17) is 31.5 Å². The Morgan fingerprint density at radius 3 is 2.59 bits per heavy atom. The van der Waals surface area contributed by atoms with E-state index < -0.39 is 47.8 Å². The van der Waals surface area contributed by atoms with Crippen molar-refractivity contribution >= 4 is 41.5 Å². The second-order valence-electron chi connectivity index (χ2n) is 9.68. The highest BCUT2D eigenvalue weighted by Crippen LogP contribution is 2.30. The van der Waals surface area contributed by atoms with Gasteiger partial charge in [0, 0.05) is 37.9 Å². The predicted octanol–water partition coefficient (Wildman–Crippen LogP) is 1.69. The van der Waals surface area contributed by atoms with E-state index in [1.54, 1.807) is 6.07 Å². The van der Waals surface area contributed by atoms with Crippen molar-refractivity contribution < 1.29 is 42.9 Å². The highest BCUT2D eigenvalue weighted by molar-refractivity contribution is 6.34. The van der Waals surface area contributed by atoms with Crippen LogP contribution in [0.15, 0.2) is 36.5 Å². The summed E-state index contributed by atoms with van der Waals surface area (Å²) in [4.78, 5) is 50.1. The minimum atomic E-state index is -1.28. The van der Waals surface area contributed by atoms with Gasteiger partial charge in [-0.2, -0.15) is 9.65 Å². The monoisotopic (exact) mass is 661 g/mol. The standard InChI is InChI=1S/C28H28ClF2N7O5.CH2O2/c1-38-20(17-4-5-22(43-11-7-32)24(31)23(17)30)13-36-25(38)28(42)37-15-2-3-16(19(29)12-15)26(40)34-9-10-35-27(41)18-6-8-33-14-21(18)39;2-1-3/h2-5,12-13,18,21,33,39H,6,8-11,14H2,1H3,(H,34,40)(H,35,41)(H,37,42);1H,(H,2,3)/t18-,21-;/m1./s1. The number of carbonyl (C=O) groups is 4. The quantitative estimate of drug-likeness (QED) is 0.137. The summed E-state index contributed by atoms with van der Waals surface area (Å²) in [6.45, 7) is 0.577. The van der Waals surface area contributed by atoms with Crippen LogP contribution in [0.4, 0.5) is 14.5 Å². The van der Waals surface area contributed by atoms with Gasteiger partial charge in [-0.15, -0.1) is 0 Å². The molecule has 2 atom stereocenters. The maximum absolute atomic E-state index is 14.7. The van der Waals surface area contributed by atoms with Gasteiger partial charge in [0.2, 0.25) is 11.7 Å². The number of rotatable bonds is 10. The van der Waals surface area contributed by atoms with Gasteiger partial charge < -0.3 is 40.8 Å². The summed E-state index contributed by atoms with van der Waals surface area (Å²) in [5, 5.41) is 36.4. The Morgan fingerprint density at radius 2 is 1.91 bits per heavy atom. The third kappa shape index (κ3) is 8.75. The SMILES string of the molecule is Cn1c(-c2ccc(OCC#N)c(F)c2F)cnc1C(=O)Nc1ccc(C(=O)NCCNC(=O)[C@@H]2CCNC[C@H]2O)c(Cl)c1.O=CO. The number of ether oxygens (including phenoxy) is 1. The van der Waals surface area contributed by atoms with Crippen molar-refractivity contribution in [3.63, 3.8) is 0 Å². The Labute approximate surface area is 266 Å². The highest BCUT2D eigenvalue weighted by Gasteiger charge is 2.29. The molecular weight excluding hydrogens is 632 g/mol. The first kappa shape index (κ1) is 35.4. The molecule has 6 N–H and O–H groups in total. The molecule has 1 fully saturated rings. The number of halogens is 3. The number of imidazole rings is 1. The molecule has 2 heterocycles. The molecule has 0 spiro atoms. The van der Waals surface area contributed by atoms with E-state index in [0.29, 0.717) is 19.5 Å². The van der Waals surface area contributed by atoms with Crippen molar-refractivity contribution in [2.45, 2.75) is 12.5 Å². The normalized spacial score (nSPS) is 15.4. The van der Waals surface area contributed by atoms with Gasteiger partial charge in [-0.1, -0.05) is 11.6 Å². The number of aliphatic hydroxyl groups is 1. The lowest BCUT2D eigenvalue weighted by Crippen LogP contribution is -2.48. The number of aliphatic hydroxyl groups excluding tert-OH is 1. The Balaban J connectivity index is 0.00000185. The molecule has 1 aromatic heterocycles. The summed E-state index contributed by atoms with van der Waals surface area (Å²) < 4.78 is 35.3. The van der Waals surface area contributed by atoms with Crippen LogP contribution in [0, 0.1) is 28.9 Å². The topological polar surface area (TPSA) is 208 Å². The highest BCUT2D eigenvalue weighted by atomic mass is 35.5. The zero-order valence-electron chi connectivity index (χ0n) is 24.3. The number of nitrogens with zero attached hydrogens (tertiary/aromatic N) is 3. The number of piperidine rings is 1. The first-order chi connectivity index (χ1) is 22.0. The summed E-state index contributed by atoms with van der Waals surface area (Å²) in [5.74, 6) is -4.99. The van der Waals surface area contributed by atoms with Gasteiger partial charge in [0.15, 0.2) is 24.0 Å². The number of aromatic nitrogens is 2. The Morgan fingerprint density at radius 1 is 1.20 bits per heavy atom. The van der Waals surface area contributed by atoms with Crippen LogP contribution in [-0.4, -0.2) is 82.8 Å². The van der Waals surface area contributed by atoms with Gasteiger partial charge in [-0.3, -0.25) is 19.2 Å². The lowest BCUT2D eigenvalue weighted by molar-refractivity contribution is -0.129. The maximum atomic E-state index is 14.7. The van der Waals surface area contributed by atoms with Gasteiger partial charge >= 0.3 is 0 Å². The van der Waals surface area contributed by atoms with E-state index in [9.17, 15) is 28.3 Å². The second-order valence-corrected chi connectivity index (χ2v) is 10.1. The van der Waals surface area contributed by atoms with Gasteiger partial charge in [-0.25, -0.2) is 9.37 Å². The molecule has 0 bridgehead atoms. The average molecular weight is 662 g/mol. The smallest absolute Gasteiger partial charge is 0.291 e. The molecule has 1 aliphatic rings. The van der Waals surface area contributed by atoms with Crippen LogP contribution >= 0.6 is 11.6 Å². The minimum Gasteiger partial charge on any atom is -0.483 e. The molecule has 1 aliphatic heterocycles. The number of carboxylic acid groups (broad SMARTS) is 1. The maximum Gasteiger partial charge on any atom is 0.291 e. The molecule has 1 saturated heterocycles. The van der Waals surface area contributed by atoms with Crippen LogP contribution in [0.3, 0.4) is 0 Å². The number of hydrogen-bond acceptors (Lipinski definition) is 9. The van der Waals surface area contributed by atoms with Crippen molar-refractivity contribution in [2.24, 2.45) is 13.0 Å². The molecule has 17 heteroatoms. The number of benzene rings is 2. The lowest BCUT2D eigenvalue weighted by atomic mass is 9.94. The number of anilines is 1. The molecule has 14 nitrogen and oxygen atoms in total. The zero-order valence-corrected chi connectivity index (χ0v) is 25.1. The number of amides is 3. The summed E-state index contributed by atoms with van der Waals surface area (Å²) in [7, 11) is 1.45. The minimum absolute atomic E-state index is 0.0499. The summed E-state index contributed by atoms with van der Waals surface area (Å²) in [6.07, 6.45) is 0.967. The predicted molar refractivity (Wildman–Crippen MR) is 160 cm³/mol. The first-order valence-corrected chi connectivity index (χ1v) is 14.0. The van der Waals surface area contributed by atoms with E-state index in [-0.39, 0.29) is 58.8 Å². The van der Waals surface area contributed by atoms with Gasteiger partial charge in [0.05, 0.1) is 34.5 Å². The fourth-order valence-corrected chi connectivity index (χ4v) is 4.79. The number of carbonyl (C=O) groups excluding carboxylic acids is 3. The molecule has 0 aliphatic carbocycles. The van der Waals surface area contributed by atoms with E-state index >= 15 is 0 Å². The molecule has 4 rings (SSSR count). The molecule has 46 heavy (non-hydrogen) atoms. The van der Waals surface area contributed by atoms with Crippen LogP contribution < -0.4 is 26.0 Å². The largest absolute Gasteiger partial charge is 0.483 e. The van der Waals surface area contributed by atoms with Gasteiger partial charge in [0.1, 0.15) is 6.07 Å². The zero-order chi connectivity index (χ0) is 33.8. The van der Waals surface area contributed by atoms with Crippen LogP contribution in [0.5, 0.6) is 5.75 Å². The van der Waals surface area contributed by atoms with Crippen molar-refractivity contribution in [1.82, 2.24) is 25.5 Å². The van der Waals surface area contributed by atoms with Crippen molar-refractivity contribution in [3.8, 4) is 23.1 Å². The van der Waals surface area contributed by atoms with Crippen LogP contribution in [-0.2, 0) is 16.6 Å². The number of nitrogens with one attached hydrogen (secondary N) is 4. The number of hydrogen-bond donors (Lipinski definition) is 6.